The summed E-state index contributed by atoms with van der Waals surface area (Å²) >= 11 is 5.82. The van der Waals surface area contributed by atoms with Crippen LogP contribution in [0.2, 0.25) is 0 Å². The van der Waals surface area contributed by atoms with Gasteiger partial charge in [-0.1, -0.05) is 18.9 Å². The molecule has 0 radical (unpaired) electrons. The molecule has 2 N–H and O–H groups in total. The van der Waals surface area contributed by atoms with Crippen LogP contribution in [0, 0.1) is 13.8 Å². The zero-order valence-electron chi connectivity index (χ0n) is 18.0. The first-order valence-corrected chi connectivity index (χ1v) is 11.4. The van der Waals surface area contributed by atoms with E-state index in [1.165, 1.54) is 42.6 Å². The van der Waals surface area contributed by atoms with Crippen LogP contribution in [0.5, 0.6) is 5.75 Å². The Morgan fingerprint density at radius 3 is 2.48 bits per heavy atom. The number of rotatable bonds is 4. The average Bonchev–Trinajstić information content (AvgIpc) is 3.47. The summed E-state index contributed by atoms with van der Waals surface area (Å²) in [6.07, 6.45) is 6.96. The lowest BCUT2D eigenvalue weighted by molar-refractivity contribution is 0.475. The Bertz CT molecular complexity index is 1090. The first kappa shape index (κ1) is 20.1. The van der Waals surface area contributed by atoms with E-state index in [9.17, 15) is 5.11 Å². The maximum atomic E-state index is 9.80. The van der Waals surface area contributed by atoms with Crippen molar-refractivity contribution < 1.29 is 5.11 Å². The fourth-order valence-electron chi connectivity index (χ4n) is 5.39. The Labute approximate surface area is 188 Å². The van der Waals surface area contributed by atoms with Gasteiger partial charge in [0.1, 0.15) is 5.75 Å². The molecule has 1 saturated heterocycles. The van der Waals surface area contributed by atoms with Crippen LogP contribution in [0.1, 0.15) is 66.5 Å². The highest BCUT2D eigenvalue weighted by molar-refractivity contribution is 7.80. The van der Waals surface area contributed by atoms with E-state index in [2.05, 4.69) is 45.7 Å². The Morgan fingerprint density at radius 1 is 1.06 bits per heavy atom. The molecule has 1 aliphatic heterocycles. The average molecular weight is 433 g/mol. The predicted molar refractivity (Wildman–Crippen MR) is 127 cm³/mol. The standard InChI is InChI=1S/C25H28N4OS/c1-16-15-21(17(2)28(16)18-7-3-4-8-18)24-23(22-9-5-6-14-26-22)27-25(31)29(24)19-10-12-20(30)13-11-19/h5-6,9-15,18,23-24,30H,3-4,7-8H2,1-2H3,(H,27,31)/t23-,24-/m0/s1. The minimum atomic E-state index is -0.0555. The minimum Gasteiger partial charge on any atom is -0.508 e. The smallest absolute Gasteiger partial charge is 0.174 e. The van der Waals surface area contributed by atoms with E-state index in [1.807, 2.05) is 30.5 Å². The van der Waals surface area contributed by atoms with Crippen LogP contribution >= 0.6 is 12.2 Å². The number of hydrogen-bond acceptors (Lipinski definition) is 3. The van der Waals surface area contributed by atoms with Gasteiger partial charge < -0.3 is 19.9 Å². The summed E-state index contributed by atoms with van der Waals surface area (Å²) in [7, 11) is 0. The number of benzene rings is 1. The number of aromatic hydroxyl groups is 1. The van der Waals surface area contributed by atoms with Gasteiger partial charge in [-0.2, -0.15) is 0 Å². The third kappa shape index (κ3) is 3.49. The summed E-state index contributed by atoms with van der Waals surface area (Å²) in [5.41, 5.74) is 5.83. The van der Waals surface area contributed by atoms with Crippen LogP contribution in [0.3, 0.4) is 0 Å². The molecular formula is C25H28N4OS. The predicted octanol–water partition coefficient (Wildman–Crippen LogP) is 5.50. The summed E-state index contributed by atoms with van der Waals surface area (Å²) < 4.78 is 2.54. The van der Waals surface area contributed by atoms with Crippen molar-refractivity contribution >= 4 is 23.0 Å². The molecule has 1 saturated carbocycles. The number of pyridine rings is 1. The number of nitrogens with one attached hydrogen (secondary N) is 1. The molecule has 2 fully saturated rings. The van der Waals surface area contributed by atoms with Crippen LogP contribution in [-0.4, -0.2) is 19.8 Å². The highest BCUT2D eigenvalue weighted by atomic mass is 32.1. The van der Waals surface area contributed by atoms with Gasteiger partial charge in [-0.3, -0.25) is 4.98 Å². The van der Waals surface area contributed by atoms with Gasteiger partial charge in [-0.25, -0.2) is 0 Å². The van der Waals surface area contributed by atoms with Crippen LogP contribution in [-0.2, 0) is 0 Å². The van der Waals surface area contributed by atoms with E-state index in [4.69, 9.17) is 12.2 Å². The van der Waals surface area contributed by atoms with Crippen molar-refractivity contribution in [3.8, 4) is 5.75 Å². The molecule has 0 spiro atoms. The van der Waals surface area contributed by atoms with E-state index in [1.54, 1.807) is 12.1 Å². The molecule has 0 bridgehead atoms. The van der Waals surface area contributed by atoms with Crippen molar-refractivity contribution in [1.29, 1.82) is 0 Å². The van der Waals surface area contributed by atoms with Gasteiger partial charge in [0, 0.05) is 29.3 Å². The zero-order chi connectivity index (χ0) is 21.5. The molecule has 2 aromatic heterocycles. The van der Waals surface area contributed by atoms with Gasteiger partial charge in [0.15, 0.2) is 5.11 Å². The largest absolute Gasteiger partial charge is 0.508 e. The Morgan fingerprint density at radius 2 is 1.81 bits per heavy atom. The van der Waals surface area contributed by atoms with Gasteiger partial charge >= 0.3 is 0 Å². The van der Waals surface area contributed by atoms with Gasteiger partial charge in [0.25, 0.3) is 0 Å². The number of anilines is 1. The SMILES string of the molecule is Cc1cc([C@H]2[C@H](c3ccccn3)NC(=S)N2c2ccc(O)cc2)c(C)n1C1CCCC1. The monoisotopic (exact) mass is 432 g/mol. The maximum Gasteiger partial charge on any atom is 0.174 e. The number of nitrogens with zero attached hydrogens (tertiary/aromatic N) is 3. The summed E-state index contributed by atoms with van der Waals surface area (Å²) in [4.78, 5) is 6.83. The number of thiocarbonyl (C=S) groups is 1. The number of aromatic nitrogens is 2. The summed E-state index contributed by atoms with van der Waals surface area (Å²) in [5.74, 6) is 0.249. The normalized spacial score (nSPS) is 21.6. The fraction of sp³-hybridized carbons (Fsp3) is 0.360. The molecule has 6 heteroatoms. The fourth-order valence-corrected chi connectivity index (χ4v) is 5.73. The molecule has 1 aromatic carbocycles. The lowest BCUT2D eigenvalue weighted by Gasteiger charge is -2.28. The molecule has 31 heavy (non-hydrogen) atoms. The summed E-state index contributed by atoms with van der Waals surface area (Å²) in [5, 5.41) is 14.0. The molecular weight excluding hydrogens is 404 g/mol. The van der Waals surface area contributed by atoms with Crippen molar-refractivity contribution in [1.82, 2.24) is 14.9 Å². The van der Waals surface area contributed by atoms with Crippen LogP contribution in [0.4, 0.5) is 5.69 Å². The van der Waals surface area contributed by atoms with Crippen molar-refractivity contribution in [2.24, 2.45) is 0 Å². The van der Waals surface area contributed by atoms with Gasteiger partial charge in [-0.05, 0) is 86.9 Å². The number of aryl methyl sites for hydroxylation is 1. The summed E-state index contributed by atoms with van der Waals surface area (Å²) in [6.45, 7) is 4.46. The van der Waals surface area contributed by atoms with E-state index in [0.29, 0.717) is 11.2 Å². The van der Waals surface area contributed by atoms with Gasteiger partial charge in [-0.15, -0.1) is 0 Å². The third-order valence-electron chi connectivity index (χ3n) is 6.76. The molecule has 160 valence electrons. The third-order valence-corrected chi connectivity index (χ3v) is 7.07. The molecule has 0 unspecified atom stereocenters. The lowest BCUT2D eigenvalue weighted by Crippen LogP contribution is -2.29. The molecule has 5 rings (SSSR count). The van der Waals surface area contributed by atoms with E-state index in [0.717, 1.165) is 11.4 Å². The first-order chi connectivity index (χ1) is 15.0. The molecule has 1 aliphatic carbocycles. The van der Waals surface area contributed by atoms with Gasteiger partial charge in [0.05, 0.1) is 17.8 Å². The Kier molecular flexibility index (Phi) is 5.18. The van der Waals surface area contributed by atoms with Gasteiger partial charge in [0.2, 0.25) is 0 Å². The van der Waals surface area contributed by atoms with E-state index < -0.39 is 0 Å². The maximum absolute atomic E-state index is 9.80. The van der Waals surface area contributed by atoms with E-state index >= 15 is 0 Å². The first-order valence-electron chi connectivity index (χ1n) is 11.0. The number of phenols is 1. The van der Waals surface area contributed by atoms with E-state index in [-0.39, 0.29) is 17.8 Å². The summed E-state index contributed by atoms with van der Waals surface area (Å²) in [6, 6.07) is 16.1. The van der Waals surface area contributed by atoms with Crippen LogP contribution in [0.15, 0.2) is 54.7 Å². The van der Waals surface area contributed by atoms with Crippen molar-refractivity contribution in [2.75, 3.05) is 4.90 Å². The number of phenolic OH excluding ortho intramolecular Hbond substituents is 1. The van der Waals surface area contributed by atoms with Crippen molar-refractivity contribution in [2.45, 2.75) is 57.7 Å². The second kappa shape index (κ2) is 8.00. The molecule has 0 amide bonds. The quantitative estimate of drug-likeness (QED) is 0.533. The zero-order valence-corrected chi connectivity index (χ0v) is 18.8. The van der Waals surface area contributed by atoms with Crippen LogP contribution < -0.4 is 10.2 Å². The Balaban J connectivity index is 1.64. The molecule has 5 nitrogen and oxygen atoms in total. The van der Waals surface area contributed by atoms with Crippen molar-refractivity contribution in [3.63, 3.8) is 0 Å². The Hall–Kier alpha value is -2.86. The number of hydrogen-bond donors (Lipinski definition) is 2. The van der Waals surface area contributed by atoms with Crippen molar-refractivity contribution in [3.05, 3.63) is 77.4 Å². The van der Waals surface area contributed by atoms with Crippen LogP contribution in [0.25, 0.3) is 0 Å². The minimum absolute atomic E-state index is 0.0201. The lowest BCUT2D eigenvalue weighted by atomic mass is 9.96. The second-order valence-corrected chi connectivity index (χ2v) is 9.03. The molecule has 3 aromatic rings. The molecule has 3 heterocycles. The highest BCUT2D eigenvalue weighted by Gasteiger charge is 2.42. The second-order valence-electron chi connectivity index (χ2n) is 8.65. The highest BCUT2D eigenvalue weighted by Crippen LogP contribution is 2.44. The molecule has 2 atom stereocenters. The molecule has 2 aliphatic rings. The topological polar surface area (TPSA) is 53.3 Å².